The molecular weight excluding hydrogens is 230 g/mol. The minimum atomic E-state index is -1.06. The lowest BCUT2D eigenvalue weighted by Crippen LogP contribution is -2.25. The Labute approximate surface area is 99.6 Å². The largest absolute Gasteiger partial charge is 0.385 e. The number of halogens is 1. The second-order valence-electron chi connectivity index (χ2n) is 3.91. The summed E-state index contributed by atoms with van der Waals surface area (Å²) in [7, 11) is 3.86. The highest BCUT2D eigenvalue weighted by Gasteiger charge is 2.21. The number of carbonyl (C=O) groups is 1. The zero-order valence-corrected chi connectivity index (χ0v) is 10.4. The average Bonchev–Trinajstić information content (AvgIpc) is 2.55. The number of aliphatic hydroxyl groups excluding tert-OH is 1. The summed E-state index contributed by atoms with van der Waals surface area (Å²) >= 11 is 5.87. The van der Waals surface area contributed by atoms with Gasteiger partial charge in [-0.3, -0.25) is 9.48 Å². The van der Waals surface area contributed by atoms with Gasteiger partial charge in [0.15, 0.2) is 0 Å². The van der Waals surface area contributed by atoms with Crippen molar-refractivity contribution in [3.63, 3.8) is 0 Å². The number of nitrogens with zero attached hydrogens (tertiary/aromatic N) is 3. The Morgan fingerprint density at radius 2 is 2.31 bits per heavy atom. The number of aromatic nitrogens is 2. The van der Waals surface area contributed by atoms with Crippen LogP contribution < -0.4 is 0 Å². The molecule has 0 aliphatic heterocycles. The predicted octanol–water partition coefficient (Wildman–Crippen LogP) is 0.662. The van der Waals surface area contributed by atoms with Crippen LogP contribution in [0.15, 0.2) is 6.20 Å². The molecule has 1 N–H and O–H groups in total. The van der Waals surface area contributed by atoms with Crippen LogP contribution >= 0.6 is 11.6 Å². The van der Waals surface area contributed by atoms with Gasteiger partial charge in [0, 0.05) is 6.54 Å². The van der Waals surface area contributed by atoms with Gasteiger partial charge in [0.25, 0.3) is 0 Å². The van der Waals surface area contributed by atoms with Crippen molar-refractivity contribution >= 4 is 17.4 Å². The molecule has 0 aliphatic rings. The summed E-state index contributed by atoms with van der Waals surface area (Å²) in [6.07, 6.45) is 0.361. The summed E-state index contributed by atoms with van der Waals surface area (Å²) in [5.41, 5.74) is 0.276. The highest BCUT2D eigenvalue weighted by Crippen LogP contribution is 2.17. The first kappa shape index (κ1) is 13.2. The van der Waals surface area contributed by atoms with Crippen molar-refractivity contribution in [2.45, 2.75) is 19.6 Å². The van der Waals surface area contributed by atoms with Crippen molar-refractivity contribution in [1.29, 1.82) is 0 Å². The number of hydrogen-bond donors (Lipinski definition) is 1. The number of carbonyl (C=O) groups excluding carboxylic acids is 1. The summed E-state index contributed by atoms with van der Waals surface area (Å²) in [6, 6.07) is 0. The summed E-state index contributed by atoms with van der Waals surface area (Å²) in [5.74, 6) is -0.402. The van der Waals surface area contributed by atoms with Crippen LogP contribution in [0, 0.1) is 0 Å². The maximum atomic E-state index is 11.7. The van der Waals surface area contributed by atoms with Gasteiger partial charge in [0.05, 0.1) is 17.8 Å². The third-order valence-corrected chi connectivity index (χ3v) is 2.44. The zero-order chi connectivity index (χ0) is 12.3. The van der Waals surface area contributed by atoms with E-state index in [0.717, 1.165) is 6.54 Å². The summed E-state index contributed by atoms with van der Waals surface area (Å²) in [4.78, 5) is 13.7. The van der Waals surface area contributed by atoms with Gasteiger partial charge in [-0.25, -0.2) is 0 Å². The van der Waals surface area contributed by atoms with Gasteiger partial charge in [-0.15, -0.1) is 0 Å². The van der Waals surface area contributed by atoms with Gasteiger partial charge < -0.3 is 10.0 Å². The van der Waals surface area contributed by atoms with Crippen LogP contribution in [-0.2, 0) is 6.54 Å². The summed E-state index contributed by atoms with van der Waals surface area (Å²) < 4.78 is 1.53. The van der Waals surface area contributed by atoms with Gasteiger partial charge in [0.2, 0.25) is 5.78 Å². The Balaban J connectivity index is 2.90. The fourth-order valence-corrected chi connectivity index (χ4v) is 1.50. The molecule has 0 aromatic carbocycles. The first-order chi connectivity index (χ1) is 7.43. The van der Waals surface area contributed by atoms with Gasteiger partial charge in [-0.2, -0.15) is 5.10 Å². The molecule has 1 aromatic rings. The van der Waals surface area contributed by atoms with Crippen LogP contribution in [0.5, 0.6) is 0 Å². The van der Waals surface area contributed by atoms with Crippen molar-refractivity contribution in [1.82, 2.24) is 14.7 Å². The third kappa shape index (κ3) is 3.04. The van der Waals surface area contributed by atoms with E-state index >= 15 is 0 Å². The molecule has 0 spiro atoms. The molecule has 0 saturated heterocycles. The molecule has 5 nitrogen and oxygen atoms in total. The summed E-state index contributed by atoms with van der Waals surface area (Å²) in [5, 5.41) is 13.6. The Morgan fingerprint density at radius 3 is 2.81 bits per heavy atom. The predicted molar refractivity (Wildman–Crippen MR) is 61.8 cm³/mol. The van der Waals surface area contributed by atoms with Crippen molar-refractivity contribution in [3.05, 3.63) is 16.9 Å². The molecule has 1 unspecified atom stereocenters. The molecule has 1 atom stereocenters. The lowest BCUT2D eigenvalue weighted by Gasteiger charge is -2.12. The molecule has 0 fully saturated rings. The minimum absolute atomic E-state index is 0.276. The number of likely N-dealkylation sites (N-methyl/N-ethyl adjacent to an activating group) is 1. The van der Waals surface area contributed by atoms with Crippen LogP contribution in [-0.4, -0.2) is 52.3 Å². The molecule has 90 valence electrons. The van der Waals surface area contributed by atoms with E-state index in [1.165, 1.54) is 17.8 Å². The SMILES string of the molecule is CC(O)C(=O)c1c(Cl)cnn1CCN(C)C. The highest BCUT2D eigenvalue weighted by atomic mass is 35.5. The smallest absolute Gasteiger partial charge is 0.210 e. The lowest BCUT2D eigenvalue weighted by molar-refractivity contribution is 0.0767. The molecule has 0 bridgehead atoms. The monoisotopic (exact) mass is 245 g/mol. The van der Waals surface area contributed by atoms with E-state index in [0.29, 0.717) is 6.54 Å². The second-order valence-corrected chi connectivity index (χ2v) is 4.31. The Hall–Kier alpha value is -0.910. The van der Waals surface area contributed by atoms with Gasteiger partial charge >= 0.3 is 0 Å². The van der Waals surface area contributed by atoms with Crippen molar-refractivity contribution < 1.29 is 9.90 Å². The molecule has 16 heavy (non-hydrogen) atoms. The quantitative estimate of drug-likeness (QED) is 0.775. The van der Waals surface area contributed by atoms with Gasteiger partial charge in [-0.1, -0.05) is 11.6 Å². The second kappa shape index (κ2) is 5.43. The van der Waals surface area contributed by atoms with E-state index < -0.39 is 11.9 Å². The molecule has 0 aliphatic carbocycles. The molecular formula is C10H16ClN3O2. The van der Waals surface area contributed by atoms with E-state index in [1.807, 2.05) is 19.0 Å². The number of hydrogen-bond acceptors (Lipinski definition) is 4. The third-order valence-electron chi connectivity index (χ3n) is 2.17. The molecule has 1 aromatic heterocycles. The van der Waals surface area contributed by atoms with E-state index in [9.17, 15) is 9.90 Å². The Morgan fingerprint density at radius 1 is 1.69 bits per heavy atom. The van der Waals surface area contributed by atoms with Crippen molar-refractivity contribution in [2.75, 3.05) is 20.6 Å². The molecule has 0 saturated carbocycles. The fraction of sp³-hybridized carbons (Fsp3) is 0.600. The standard InChI is InChI=1S/C10H16ClN3O2/c1-7(15)10(16)9-8(11)6-12-14(9)5-4-13(2)3/h6-7,15H,4-5H2,1-3H3. The van der Waals surface area contributed by atoms with Crippen LogP contribution in [0.1, 0.15) is 17.4 Å². The van der Waals surface area contributed by atoms with Gasteiger partial charge in [0.1, 0.15) is 11.8 Å². The van der Waals surface area contributed by atoms with E-state index in [1.54, 1.807) is 0 Å². The van der Waals surface area contributed by atoms with E-state index in [-0.39, 0.29) is 10.7 Å². The minimum Gasteiger partial charge on any atom is -0.385 e. The average molecular weight is 246 g/mol. The number of Topliss-reactive ketones (excluding diaryl/α,β-unsaturated/α-hetero) is 1. The zero-order valence-electron chi connectivity index (χ0n) is 9.64. The van der Waals surface area contributed by atoms with Crippen LogP contribution in [0.25, 0.3) is 0 Å². The Bertz CT molecular complexity index is 374. The van der Waals surface area contributed by atoms with E-state index in [4.69, 9.17) is 11.6 Å². The van der Waals surface area contributed by atoms with E-state index in [2.05, 4.69) is 5.10 Å². The summed E-state index contributed by atoms with van der Waals surface area (Å²) in [6.45, 7) is 2.73. The molecule has 1 rings (SSSR count). The van der Waals surface area contributed by atoms with Crippen molar-refractivity contribution in [3.8, 4) is 0 Å². The van der Waals surface area contributed by atoms with Crippen LogP contribution in [0.2, 0.25) is 5.02 Å². The van der Waals surface area contributed by atoms with Crippen molar-refractivity contribution in [2.24, 2.45) is 0 Å². The van der Waals surface area contributed by atoms with Crippen LogP contribution in [0.3, 0.4) is 0 Å². The topological polar surface area (TPSA) is 58.4 Å². The maximum absolute atomic E-state index is 11.7. The first-order valence-electron chi connectivity index (χ1n) is 5.01. The fourth-order valence-electron chi connectivity index (χ4n) is 1.27. The number of aliphatic hydroxyl groups is 1. The lowest BCUT2D eigenvalue weighted by atomic mass is 10.2. The number of rotatable bonds is 5. The number of ketones is 1. The first-order valence-corrected chi connectivity index (χ1v) is 5.39. The molecule has 1 heterocycles. The van der Waals surface area contributed by atoms with Gasteiger partial charge in [-0.05, 0) is 21.0 Å². The molecule has 6 heteroatoms. The Kier molecular flexibility index (Phi) is 4.46. The van der Waals surface area contributed by atoms with Crippen LogP contribution in [0.4, 0.5) is 0 Å². The maximum Gasteiger partial charge on any atom is 0.210 e. The molecule has 0 amide bonds. The molecule has 0 radical (unpaired) electrons. The normalized spacial score (nSPS) is 13.1. The highest BCUT2D eigenvalue weighted by molar-refractivity contribution is 6.33.